The van der Waals surface area contributed by atoms with E-state index in [2.05, 4.69) is 0 Å². The minimum absolute atomic E-state index is 0.168. The number of halogens is 1. The summed E-state index contributed by atoms with van der Waals surface area (Å²) in [7, 11) is 0.900. The number of ether oxygens (including phenoxy) is 3. The summed E-state index contributed by atoms with van der Waals surface area (Å²) >= 11 is 7.52. The van der Waals surface area contributed by atoms with Gasteiger partial charge in [0.15, 0.2) is 11.5 Å². The van der Waals surface area contributed by atoms with Crippen molar-refractivity contribution in [3.63, 3.8) is 0 Å². The SMILES string of the molecule is COc1cc(OC)c(C2SCCN2S(=O)(=O)c2cccc(Cl)c2)cc1OC. The molecule has 1 aliphatic rings. The van der Waals surface area contributed by atoms with Crippen LogP contribution in [-0.4, -0.2) is 46.4 Å². The van der Waals surface area contributed by atoms with Gasteiger partial charge in [0.2, 0.25) is 10.0 Å². The topological polar surface area (TPSA) is 65.1 Å². The molecule has 0 bridgehead atoms. The first-order valence-corrected chi connectivity index (χ1v) is 11.0. The van der Waals surface area contributed by atoms with Crippen LogP contribution in [0, 0.1) is 0 Å². The van der Waals surface area contributed by atoms with Gasteiger partial charge in [0.05, 0.1) is 31.6 Å². The Bertz CT molecular complexity index is 935. The first-order chi connectivity index (χ1) is 12.9. The van der Waals surface area contributed by atoms with Crippen molar-refractivity contribution in [1.29, 1.82) is 0 Å². The van der Waals surface area contributed by atoms with Crippen LogP contribution in [-0.2, 0) is 10.0 Å². The summed E-state index contributed by atoms with van der Waals surface area (Å²) in [5.74, 6) is 2.24. The molecule has 1 atom stereocenters. The largest absolute Gasteiger partial charge is 0.496 e. The fraction of sp³-hybridized carbons (Fsp3) is 0.333. The predicted molar refractivity (Wildman–Crippen MR) is 107 cm³/mol. The molecule has 0 amide bonds. The molecule has 2 aromatic rings. The Balaban J connectivity index is 2.07. The van der Waals surface area contributed by atoms with Crippen LogP contribution in [0.2, 0.25) is 5.02 Å². The zero-order chi connectivity index (χ0) is 19.6. The standard InChI is InChI=1S/C18H20ClNO5S2/c1-23-15-11-17(25-3)16(24-2)10-14(15)18-20(7-8-26-18)27(21,22)13-6-4-5-12(19)9-13/h4-6,9-11,18H,7-8H2,1-3H3. The first-order valence-electron chi connectivity index (χ1n) is 8.11. The van der Waals surface area contributed by atoms with Gasteiger partial charge in [-0.15, -0.1) is 11.8 Å². The minimum atomic E-state index is -3.72. The molecule has 9 heteroatoms. The molecule has 0 N–H and O–H groups in total. The minimum Gasteiger partial charge on any atom is -0.496 e. The van der Waals surface area contributed by atoms with Crippen LogP contribution in [0.1, 0.15) is 10.9 Å². The fourth-order valence-corrected chi connectivity index (χ4v) is 6.50. The summed E-state index contributed by atoms with van der Waals surface area (Å²) in [6.07, 6.45) is 0. The maximum Gasteiger partial charge on any atom is 0.244 e. The average molecular weight is 430 g/mol. The fourth-order valence-electron chi connectivity index (χ4n) is 2.95. The van der Waals surface area contributed by atoms with Gasteiger partial charge in [0.1, 0.15) is 5.75 Å². The number of nitrogens with zero attached hydrogens (tertiary/aromatic N) is 1. The Hall–Kier alpha value is -1.61. The lowest BCUT2D eigenvalue weighted by molar-refractivity contribution is 0.344. The maximum absolute atomic E-state index is 13.2. The highest BCUT2D eigenvalue weighted by molar-refractivity contribution is 8.01. The van der Waals surface area contributed by atoms with Gasteiger partial charge in [0.25, 0.3) is 0 Å². The van der Waals surface area contributed by atoms with Crippen molar-refractivity contribution in [1.82, 2.24) is 4.31 Å². The lowest BCUT2D eigenvalue weighted by Gasteiger charge is -2.25. The maximum atomic E-state index is 13.2. The van der Waals surface area contributed by atoms with Gasteiger partial charge in [-0.05, 0) is 24.3 Å². The molecule has 1 aliphatic heterocycles. The Labute approximate surface area is 168 Å². The van der Waals surface area contributed by atoms with E-state index in [9.17, 15) is 8.42 Å². The summed E-state index contributed by atoms with van der Waals surface area (Å²) in [5, 5.41) is -0.0630. The van der Waals surface area contributed by atoms with Crippen molar-refractivity contribution < 1.29 is 22.6 Å². The summed E-state index contributed by atoms with van der Waals surface area (Å²) in [6, 6.07) is 9.76. The van der Waals surface area contributed by atoms with E-state index in [0.717, 1.165) is 0 Å². The summed E-state index contributed by atoms with van der Waals surface area (Å²) in [4.78, 5) is 0.168. The van der Waals surface area contributed by atoms with Crippen LogP contribution in [0.15, 0.2) is 41.3 Å². The molecule has 0 spiro atoms. The van der Waals surface area contributed by atoms with E-state index in [-0.39, 0.29) is 4.90 Å². The molecule has 1 heterocycles. The van der Waals surface area contributed by atoms with Crippen LogP contribution in [0.5, 0.6) is 17.2 Å². The zero-order valence-electron chi connectivity index (χ0n) is 15.1. The van der Waals surface area contributed by atoms with Crippen LogP contribution in [0.3, 0.4) is 0 Å². The number of hydrogen-bond donors (Lipinski definition) is 0. The molecule has 0 radical (unpaired) electrons. The number of thioether (sulfide) groups is 1. The van der Waals surface area contributed by atoms with Gasteiger partial charge in [-0.2, -0.15) is 4.31 Å². The number of methoxy groups -OCH3 is 3. The monoisotopic (exact) mass is 429 g/mol. The first kappa shape index (κ1) is 20.1. The van der Waals surface area contributed by atoms with E-state index in [1.165, 1.54) is 36.4 Å². The second kappa shape index (κ2) is 8.18. The van der Waals surface area contributed by atoms with E-state index < -0.39 is 15.4 Å². The quantitative estimate of drug-likeness (QED) is 0.695. The van der Waals surface area contributed by atoms with E-state index in [1.54, 1.807) is 37.4 Å². The molecule has 3 rings (SSSR count). The highest BCUT2D eigenvalue weighted by Gasteiger charge is 2.38. The third-order valence-electron chi connectivity index (χ3n) is 4.25. The highest BCUT2D eigenvalue weighted by atomic mass is 35.5. The second-order valence-electron chi connectivity index (χ2n) is 5.75. The molecule has 27 heavy (non-hydrogen) atoms. The lowest BCUT2D eigenvalue weighted by Crippen LogP contribution is -2.30. The van der Waals surface area contributed by atoms with Crippen molar-refractivity contribution >= 4 is 33.4 Å². The van der Waals surface area contributed by atoms with Crippen molar-refractivity contribution in [2.45, 2.75) is 10.3 Å². The molecule has 146 valence electrons. The molecule has 0 aliphatic carbocycles. The summed E-state index contributed by atoms with van der Waals surface area (Å²) in [6.45, 7) is 0.391. The summed E-state index contributed by atoms with van der Waals surface area (Å²) in [5.41, 5.74) is 0.711. The molecule has 0 saturated carbocycles. The Morgan fingerprint density at radius 2 is 1.70 bits per heavy atom. The predicted octanol–water partition coefficient (Wildman–Crippen LogP) is 3.80. The molecular weight excluding hydrogens is 410 g/mol. The third kappa shape index (κ3) is 3.85. The highest BCUT2D eigenvalue weighted by Crippen LogP contribution is 2.47. The van der Waals surface area contributed by atoms with E-state index in [0.29, 0.717) is 40.1 Å². The zero-order valence-corrected chi connectivity index (χ0v) is 17.5. The van der Waals surface area contributed by atoms with Gasteiger partial charge in [-0.3, -0.25) is 0 Å². The normalized spacial score (nSPS) is 17.7. The van der Waals surface area contributed by atoms with Crippen molar-refractivity contribution in [3.05, 3.63) is 47.0 Å². The third-order valence-corrected chi connectivity index (χ3v) is 7.73. The van der Waals surface area contributed by atoms with Gasteiger partial charge >= 0.3 is 0 Å². The molecule has 1 unspecified atom stereocenters. The molecule has 1 fully saturated rings. The Morgan fingerprint density at radius 1 is 1.04 bits per heavy atom. The molecule has 1 saturated heterocycles. The van der Waals surface area contributed by atoms with Gasteiger partial charge < -0.3 is 14.2 Å². The van der Waals surface area contributed by atoms with Crippen LogP contribution in [0.25, 0.3) is 0 Å². The average Bonchev–Trinajstić information content (AvgIpc) is 3.17. The Kier molecular flexibility index (Phi) is 6.10. The lowest BCUT2D eigenvalue weighted by atomic mass is 10.1. The number of hydrogen-bond acceptors (Lipinski definition) is 6. The smallest absolute Gasteiger partial charge is 0.244 e. The van der Waals surface area contributed by atoms with Crippen LogP contribution >= 0.6 is 23.4 Å². The van der Waals surface area contributed by atoms with Crippen molar-refractivity contribution in [2.24, 2.45) is 0 Å². The molecule has 2 aromatic carbocycles. The second-order valence-corrected chi connectivity index (χ2v) is 9.26. The molecular formula is C18H20ClNO5S2. The number of rotatable bonds is 6. The number of sulfonamides is 1. The van der Waals surface area contributed by atoms with E-state index in [4.69, 9.17) is 25.8 Å². The molecule has 0 aromatic heterocycles. The Morgan fingerprint density at radius 3 is 2.33 bits per heavy atom. The van der Waals surface area contributed by atoms with Crippen LogP contribution < -0.4 is 14.2 Å². The van der Waals surface area contributed by atoms with Crippen molar-refractivity contribution in [3.8, 4) is 17.2 Å². The van der Waals surface area contributed by atoms with E-state index in [1.807, 2.05) is 0 Å². The van der Waals surface area contributed by atoms with E-state index >= 15 is 0 Å². The van der Waals surface area contributed by atoms with Gasteiger partial charge in [0, 0.05) is 29.0 Å². The van der Waals surface area contributed by atoms with Crippen molar-refractivity contribution in [2.75, 3.05) is 33.6 Å². The number of benzene rings is 2. The van der Waals surface area contributed by atoms with Gasteiger partial charge in [-0.25, -0.2) is 8.42 Å². The van der Waals surface area contributed by atoms with Crippen LogP contribution in [0.4, 0.5) is 0 Å². The summed E-state index contributed by atoms with van der Waals surface area (Å²) < 4.78 is 44.1. The molecule has 6 nitrogen and oxygen atoms in total. The van der Waals surface area contributed by atoms with Gasteiger partial charge in [-0.1, -0.05) is 17.7 Å².